The Morgan fingerprint density at radius 3 is 2.47 bits per heavy atom. The van der Waals surface area contributed by atoms with Gasteiger partial charge in [0.25, 0.3) is 0 Å². The average molecular weight is 419 g/mol. The fourth-order valence-electron chi connectivity index (χ4n) is 3.99. The van der Waals surface area contributed by atoms with Gasteiger partial charge in [-0.25, -0.2) is 0 Å². The van der Waals surface area contributed by atoms with E-state index in [0.29, 0.717) is 25.2 Å². The fraction of sp³-hybridized carbons (Fsp3) is 0.478. The Balaban J connectivity index is 1.57. The summed E-state index contributed by atoms with van der Waals surface area (Å²) in [4.78, 5) is 18.1. The van der Waals surface area contributed by atoms with Crippen molar-refractivity contribution in [3.8, 4) is 0 Å². The average Bonchev–Trinajstić information content (AvgIpc) is 2.72. The molecule has 0 aliphatic carbocycles. The summed E-state index contributed by atoms with van der Waals surface area (Å²) in [5.41, 5.74) is 0.569. The minimum Gasteiger partial charge on any atom is -0.371 e. The van der Waals surface area contributed by atoms with E-state index < -0.39 is 11.9 Å². The van der Waals surface area contributed by atoms with E-state index >= 15 is 0 Å². The Hall–Kier alpha value is -2.57. The highest BCUT2D eigenvalue weighted by atomic mass is 19.4. The molecule has 1 aromatic carbocycles. The molecule has 0 saturated carbocycles. The Morgan fingerprint density at radius 1 is 1.20 bits per heavy atom. The first-order chi connectivity index (χ1) is 14.2. The summed E-state index contributed by atoms with van der Waals surface area (Å²) in [6.07, 6.45) is -0.544. The number of hydrogen-bond donors (Lipinski definition) is 1. The number of amides is 1. The standard InChI is InChI=1S/C23H28F3N3O/c1-3-19(17-7-5-4-6-8-17)28-21(30)16-22(2)10-13-29(14-11-22)18-9-12-27-20(15-18)23(24,25)26/h4-9,12,15,19H,3,10-11,13-14,16H2,1-2H3,(H,28,30)/t19-/m0/s1. The predicted octanol–water partition coefficient (Wildman–Crippen LogP) is 5.36. The Morgan fingerprint density at radius 2 is 1.87 bits per heavy atom. The molecule has 2 heterocycles. The molecule has 0 radical (unpaired) electrons. The third kappa shape index (κ3) is 5.52. The first-order valence-electron chi connectivity index (χ1n) is 10.3. The van der Waals surface area contributed by atoms with Gasteiger partial charge in [-0.3, -0.25) is 9.78 Å². The van der Waals surface area contributed by atoms with Crippen LogP contribution in [-0.4, -0.2) is 24.0 Å². The molecule has 1 atom stereocenters. The molecule has 30 heavy (non-hydrogen) atoms. The number of aromatic nitrogens is 1. The van der Waals surface area contributed by atoms with Crippen molar-refractivity contribution < 1.29 is 18.0 Å². The first-order valence-corrected chi connectivity index (χ1v) is 10.3. The van der Waals surface area contributed by atoms with Crippen LogP contribution in [0.2, 0.25) is 0 Å². The van der Waals surface area contributed by atoms with Crippen molar-refractivity contribution in [3.05, 3.63) is 59.9 Å². The van der Waals surface area contributed by atoms with Gasteiger partial charge in [0.05, 0.1) is 6.04 Å². The minimum absolute atomic E-state index is 0.0139. The zero-order chi connectivity index (χ0) is 21.8. The molecule has 1 fully saturated rings. The van der Waals surface area contributed by atoms with Crippen LogP contribution in [0.15, 0.2) is 48.7 Å². The number of nitrogens with one attached hydrogen (secondary N) is 1. The fourth-order valence-corrected chi connectivity index (χ4v) is 3.99. The number of halogens is 3. The zero-order valence-electron chi connectivity index (χ0n) is 17.4. The van der Waals surface area contributed by atoms with Crippen LogP contribution in [0.3, 0.4) is 0 Å². The van der Waals surface area contributed by atoms with Gasteiger partial charge in [-0.2, -0.15) is 13.2 Å². The quantitative estimate of drug-likeness (QED) is 0.685. The molecule has 4 nitrogen and oxygen atoms in total. The number of benzene rings is 1. The van der Waals surface area contributed by atoms with Crippen LogP contribution in [-0.2, 0) is 11.0 Å². The number of nitrogens with zero attached hydrogens (tertiary/aromatic N) is 2. The number of carbonyl (C=O) groups excluding carboxylic acids is 1. The number of pyridine rings is 1. The second kappa shape index (κ2) is 9.06. The van der Waals surface area contributed by atoms with Gasteiger partial charge < -0.3 is 10.2 Å². The summed E-state index contributed by atoms with van der Waals surface area (Å²) in [7, 11) is 0. The maximum absolute atomic E-state index is 12.9. The van der Waals surface area contributed by atoms with Crippen LogP contribution < -0.4 is 10.2 Å². The van der Waals surface area contributed by atoms with Crippen molar-refractivity contribution in [2.75, 3.05) is 18.0 Å². The lowest BCUT2D eigenvalue weighted by Crippen LogP contribution is -2.42. The van der Waals surface area contributed by atoms with E-state index in [9.17, 15) is 18.0 Å². The minimum atomic E-state index is -4.45. The predicted molar refractivity (Wildman–Crippen MR) is 111 cm³/mol. The van der Waals surface area contributed by atoms with Crippen molar-refractivity contribution in [3.63, 3.8) is 0 Å². The van der Waals surface area contributed by atoms with E-state index in [4.69, 9.17) is 0 Å². The highest BCUT2D eigenvalue weighted by Crippen LogP contribution is 2.37. The number of anilines is 1. The van der Waals surface area contributed by atoms with Crippen LogP contribution in [0, 0.1) is 5.41 Å². The molecule has 3 rings (SSSR count). The molecule has 2 aromatic rings. The van der Waals surface area contributed by atoms with Crippen molar-refractivity contribution >= 4 is 11.6 Å². The van der Waals surface area contributed by atoms with Crippen molar-refractivity contribution in [1.29, 1.82) is 0 Å². The lowest BCUT2D eigenvalue weighted by atomic mass is 9.77. The Labute approximate surface area is 175 Å². The van der Waals surface area contributed by atoms with Crippen LogP contribution >= 0.6 is 0 Å². The first kappa shape index (κ1) is 22.1. The maximum Gasteiger partial charge on any atom is 0.433 e. The monoisotopic (exact) mass is 419 g/mol. The van der Waals surface area contributed by atoms with Gasteiger partial charge in [0.15, 0.2) is 0 Å². The van der Waals surface area contributed by atoms with Crippen molar-refractivity contribution in [2.45, 2.75) is 51.7 Å². The molecule has 1 N–H and O–H groups in total. The molecule has 162 valence electrons. The molecule has 1 aliphatic rings. The van der Waals surface area contributed by atoms with Crippen LogP contribution in [0.5, 0.6) is 0 Å². The second-order valence-corrected chi connectivity index (χ2v) is 8.31. The smallest absolute Gasteiger partial charge is 0.371 e. The summed E-state index contributed by atoms with van der Waals surface area (Å²) in [6.45, 7) is 5.35. The van der Waals surface area contributed by atoms with E-state index in [-0.39, 0.29) is 17.4 Å². The lowest BCUT2D eigenvalue weighted by molar-refractivity contribution is -0.141. The van der Waals surface area contributed by atoms with Gasteiger partial charge in [0, 0.05) is 31.4 Å². The van der Waals surface area contributed by atoms with Gasteiger partial charge >= 0.3 is 6.18 Å². The molecule has 1 aliphatic heterocycles. The van der Waals surface area contributed by atoms with E-state index in [1.165, 1.54) is 6.20 Å². The second-order valence-electron chi connectivity index (χ2n) is 8.31. The SMILES string of the molecule is CC[C@H](NC(=O)CC1(C)CCN(c2ccnc(C(F)(F)F)c2)CC1)c1ccccc1. The van der Waals surface area contributed by atoms with Crippen LogP contribution in [0.25, 0.3) is 0 Å². The number of alkyl halides is 3. The maximum atomic E-state index is 12.9. The number of rotatable bonds is 6. The highest BCUT2D eigenvalue weighted by molar-refractivity contribution is 5.77. The summed E-state index contributed by atoms with van der Waals surface area (Å²) in [5, 5.41) is 3.14. The third-order valence-corrected chi connectivity index (χ3v) is 5.90. The summed E-state index contributed by atoms with van der Waals surface area (Å²) < 4.78 is 38.8. The molecule has 7 heteroatoms. The molecule has 1 aromatic heterocycles. The molecule has 0 bridgehead atoms. The van der Waals surface area contributed by atoms with E-state index in [1.54, 1.807) is 6.07 Å². The van der Waals surface area contributed by atoms with E-state index in [0.717, 1.165) is 30.9 Å². The topological polar surface area (TPSA) is 45.2 Å². The number of piperidine rings is 1. The molecule has 0 unspecified atom stereocenters. The van der Waals surface area contributed by atoms with Crippen molar-refractivity contribution in [2.24, 2.45) is 5.41 Å². The molecular weight excluding hydrogens is 391 g/mol. The van der Waals surface area contributed by atoms with Gasteiger partial charge in [0.2, 0.25) is 5.91 Å². The molecule has 1 saturated heterocycles. The largest absolute Gasteiger partial charge is 0.433 e. The molecule has 1 amide bonds. The van der Waals surface area contributed by atoms with Crippen LogP contribution in [0.1, 0.15) is 56.8 Å². The zero-order valence-corrected chi connectivity index (χ0v) is 17.4. The third-order valence-electron chi connectivity index (χ3n) is 5.90. The Bertz CT molecular complexity index is 846. The van der Waals surface area contributed by atoms with Gasteiger partial charge in [-0.05, 0) is 42.4 Å². The molecule has 0 spiro atoms. The highest BCUT2D eigenvalue weighted by Gasteiger charge is 2.35. The number of hydrogen-bond acceptors (Lipinski definition) is 3. The van der Waals surface area contributed by atoms with E-state index in [1.807, 2.05) is 42.2 Å². The van der Waals surface area contributed by atoms with E-state index in [2.05, 4.69) is 17.2 Å². The molecular formula is C23H28F3N3O. The number of carbonyl (C=O) groups is 1. The van der Waals surface area contributed by atoms with Crippen LogP contribution in [0.4, 0.5) is 18.9 Å². The normalized spacial score (nSPS) is 17.4. The van der Waals surface area contributed by atoms with Crippen molar-refractivity contribution in [1.82, 2.24) is 10.3 Å². The van der Waals surface area contributed by atoms with Gasteiger partial charge in [-0.1, -0.05) is 44.2 Å². The Kier molecular flexibility index (Phi) is 6.68. The summed E-state index contributed by atoms with van der Waals surface area (Å²) >= 11 is 0. The summed E-state index contributed by atoms with van der Waals surface area (Å²) in [5.74, 6) is 0.0184. The lowest BCUT2D eigenvalue weighted by Gasteiger charge is -2.40. The van der Waals surface area contributed by atoms with Gasteiger partial charge in [-0.15, -0.1) is 0 Å². The van der Waals surface area contributed by atoms with Gasteiger partial charge in [0.1, 0.15) is 5.69 Å². The summed E-state index contributed by atoms with van der Waals surface area (Å²) in [6, 6.07) is 12.6.